The van der Waals surface area contributed by atoms with E-state index in [1.807, 2.05) is 36.2 Å². The number of nitrogens with one attached hydrogen (secondary N) is 1. The van der Waals surface area contributed by atoms with Gasteiger partial charge in [0.05, 0.1) is 17.9 Å². The number of amides is 1. The summed E-state index contributed by atoms with van der Waals surface area (Å²) in [5.41, 5.74) is 2.88. The predicted molar refractivity (Wildman–Crippen MR) is 129 cm³/mol. The lowest BCUT2D eigenvalue weighted by Crippen LogP contribution is -2.40. The zero-order valence-corrected chi connectivity index (χ0v) is 20.6. The van der Waals surface area contributed by atoms with E-state index in [0.29, 0.717) is 50.1 Å². The molecule has 1 amide bonds. The number of methoxy groups -OCH3 is 1. The van der Waals surface area contributed by atoms with Crippen molar-refractivity contribution in [3.8, 4) is 17.2 Å². The third kappa shape index (κ3) is 4.49. The van der Waals surface area contributed by atoms with Gasteiger partial charge in [0.2, 0.25) is 15.9 Å². The van der Waals surface area contributed by atoms with Crippen molar-refractivity contribution < 1.29 is 27.4 Å². The Morgan fingerprint density at radius 3 is 2.43 bits per heavy atom. The monoisotopic (exact) mass is 499 g/mol. The average Bonchev–Trinajstić information content (AvgIpc) is 3.47. The highest BCUT2D eigenvalue weighted by molar-refractivity contribution is 7.89. The molecule has 0 radical (unpaired) electrons. The first kappa shape index (κ1) is 23.7. The van der Waals surface area contributed by atoms with Gasteiger partial charge in [0, 0.05) is 38.8 Å². The fourth-order valence-electron chi connectivity index (χ4n) is 4.84. The quantitative estimate of drug-likeness (QED) is 0.578. The summed E-state index contributed by atoms with van der Waals surface area (Å²) in [4.78, 5) is 15.5. The zero-order chi connectivity index (χ0) is 24.6. The summed E-state index contributed by atoms with van der Waals surface area (Å²) in [6.45, 7) is 2.78. The molecule has 0 saturated carbocycles. The highest BCUT2D eigenvalue weighted by Gasteiger charge is 2.39. The van der Waals surface area contributed by atoms with E-state index in [9.17, 15) is 13.2 Å². The molecule has 35 heavy (non-hydrogen) atoms. The van der Waals surface area contributed by atoms with Crippen LogP contribution in [0.1, 0.15) is 11.5 Å². The van der Waals surface area contributed by atoms with Gasteiger partial charge < -0.3 is 24.4 Å². The first-order valence-electron chi connectivity index (χ1n) is 11.6. The van der Waals surface area contributed by atoms with Gasteiger partial charge in [0.15, 0.2) is 11.5 Å². The molecule has 0 saturated heterocycles. The number of fused-ring (bicyclic) bond motifs is 1. The molecular weight excluding hydrogens is 470 g/mol. The maximum Gasteiger partial charge on any atom is 0.243 e. The van der Waals surface area contributed by atoms with Crippen LogP contribution >= 0.6 is 0 Å². The number of carbonyl (C=O) groups is 1. The standard InChI is InChI=1S/C25H29N3O6S/c1-26-12-22(17-4-3-5-20(10-17)32-2)25(29)27-13-18-15-28(16-19(18)14-27)35(30,31)21-6-7-23-24(11-21)34-9-8-33-23/h3-7,10-11,22,26H,8-9,12-16H2,1-2H3. The fourth-order valence-corrected chi connectivity index (χ4v) is 6.28. The number of carbonyl (C=O) groups excluding carboxylic acids is 1. The summed E-state index contributed by atoms with van der Waals surface area (Å²) in [6, 6.07) is 12.3. The first-order chi connectivity index (χ1) is 16.9. The Bertz CT molecular complexity index is 1260. The van der Waals surface area contributed by atoms with Crippen molar-refractivity contribution in [1.82, 2.24) is 14.5 Å². The summed E-state index contributed by atoms with van der Waals surface area (Å²) in [7, 11) is -0.271. The third-order valence-electron chi connectivity index (χ3n) is 6.66. The van der Waals surface area contributed by atoms with Gasteiger partial charge >= 0.3 is 0 Å². The number of benzene rings is 2. The second-order valence-electron chi connectivity index (χ2n) is 8.87. The van der Waals surface area contributed by atoms with Crippen LogP contribution in [0, 0.1) is 0 Å². The summed E-state index contributed by atoms with van der Waals surface area (Å²) in [5.74, 6) is 1.37. The number of hydrogen-bond donors (Lipinski definition) is 1. The summed E-state index contributed by atoms with van der Waals surface area (Å²) in [6.07, 6.45) is 0. The normalized spacial score (nSPS) is 18.5. The molecule has 1 atom stereocenters. The second-order valence-corrected chi connectivity index (χ2v) is 10.8. The minimum absolute atomic E-state index is 0.0169. The van der Waals surface area contributed by atoms with Crippen LogP contribution in [-0.4, -0.2) is 83.6 Å². The van der Waals surface area contributed by atoms with Gasteiger partial charge in [-0.3, -0.25) is 4.79 Å². The lowest BCUT2D eigenvalue weighted by atomic mass is 9.97. The Morgan fingerprint density at radius 1 is 1.03 bits per heavy atom. The lowest BCUT2D eigenvalue weighted by molar-refractivity contribution is -0.131. The topological polar surface area (TPSA) is 97.4 Å². The Kier molecular flexibility index (Phi) is 6.43. The summed E-state index contributed by atoms with van der Waals surface area (Å²) < 4.78 is 44.5. The largest absolute Gasteiger partial charge is 0.497 e. The number of sulfonamides is 1. The molecule has 186 valence electrons. The van der Waals surface area contributed by atoms with Gasteiger partial charge in [-0.15, -0.1) is 0 Å². The molecule has 1 unspecified atom stereocenters. The Balaban J connectivity index is 1.27. The van der Waals surface area contributed by atoms with Crippen LogP contribution in [0.25, 0.3) is 0 Å². The lowest BCUT2D eigenvalue weighted by Gasteiger charge is -2.27. The highest BCUT2D eigenvalue weighted by Crippen LogP contribution is 2.36. The smallest absolute Gasteiger partial charge is 0.243 e. The van der Waals surface area contributed by atoms with Crippen LogP contribution in [0.3, 0.4) is 0 Å². The van der Waals surface area contributed by atoms with E-state index >= 15 is 0 Å². The SMILES string of the molecule is CNCC(C(=O)N1CC2=C(C1)CN(S(=O)(=O)c1ccc3c(c1)OCCO3)C2)c1cccc(OC)c1. The number of nitrogens with zero attached hydrogens (tertiary/aromatic N) is 2. The molecule has 2 aromatic rings. The van der Waals surface area contributed by atoms with Gasteiger partial charge in [-0.2, -0.15) is 4.31 Å². The molecule has 0 aliphatic carbocycles. The van der Waals surface area contributed by atoms with Crippen LogP contribution in [0.4, 0.5) is 0 Å². The maximum atomic E-state index is 13.5. The van der Waals surface area contributed by atoms with E-state index in [4.69, 9.17) is 14.2 Å². The molecule has 3 aliphatic rings. The Morgan fingerprint density at radius 2 is 1.74 bits per heavy atom. The summed E-state index contributed by atoms with van der Waals surface area (Å²) >= 11 is 0. The van der Waals surface area contributed by atoms with Crippen molar-refractivity contribution >= 4 is 15.9 Å². The van der Waals surface area contributed by atoms with Crippen LogP contribution in [0.15, 0.2) is 58.5 Å². The minimum atomic E-state index is -3.70. The molecular formula is C25H29N3O6S. The van der Waals surface area contributed by atoms with Crippen molar-refractivity contribution in [3.63, 3.8) is 0 Å². The number of hydrogen-bond acceptors (Lipinski definition) is 7. The number of likely N-dealkylation sites (N-methyl/N-ethyl adjacent to an activating group) is 1. The van der Waals surface area contributed by atoms with Crippen molar-refractivity contribution in [3.05, 3.63) is 59.2 Å². The van der Waals surface area contributed by atoms with E-state index in [0.717, 1.165) is 16.7 Å². The van der Waals surface area contributed by atoms with E-state index in [1.54, 1.807) is 19.2 Å². The van der Waals surface area contributed by atoms with Gasteiger partial charge in [-0.1, -0.05) is 12.1 Å². The molecule has 0 spiro atoms. The van der Waals surface area contributed by atoms with Gasteiger partial charge in [0.25, 0.3) is 0 Å². The van der Waals surface area contributed by atoms with Crippen molar-refractivity contribution in [2.24, 2.45) is 0 Å². The van der Waals surface area contributed by atoms with Crippen molar-refractivity contribution in [2.45, 2.75) is 10.8 Å². The van der Waals surface area contributed by atoms with Gasteiger partial charge in [-0.25, -0.2) is 8.42 Å². The van der Waals surface area contributed by atoms with Crippen LogP contribution in [0.5, 0.6) is 17.2 Å². The molecule has 2 aromatic carbocycles. The molecule has 1 N–H and O–H groups in total. The Labute approximate surface area is 205 Å². The molecule has 3 aliphatic heterocycles. The fraction of sp³-hybridized carbons (Fsp3) is 0.400. The van der Waals surface area contributed by atoms with Crippen LogP contribution in [0.2, 0.25) is 0 Å². The highest BCUT2D eigenvalue weighted by atomic mass is 32.2. The summed E-state index contributed by atoms with van der Waals surface area (Å²) in [5, 5.41) is 3.12. The number of ether oxygens (including phenoxy) is 3. The van der Waals surface area contributed by atoms with Crippen LogP contribution in [-0.2, 0) is 14.8 Å². The zero-order valence-electron chi connectivity index (χ0n) is 19.8. The average molecular weight is 500 g/mol. The van der Waals surface area contributed by atoms with E-state index in [-0.39, 0.29) is 29.8 Å². The van der Waals surface area contributed by atoms with Crippen molar-refractivity contribution in [1.29, 1.82) is 0 Å². The molecule has 10 heteroatoms. The van der Waals surface area contributed by atoms with E-state index < -0.39 is 10.0 Å². The maximum absolute atomic E-state index is 13.5. The van der Waals surface area contributed by atoms with E-state index in [2.05, 4.69) is 5.32 Å². The molecule has 9 nitrogen and oxygen atoms in total. The second kappa shape index (κ2) is 9.52. The van der Waals surface area contributed by atoms with Crippen LogP contribution < -0.4 is 19.5 Å². The van der Waals surface area contributed by atoms with E-state index in [1.165, 1.54) is 10.4 Å². The molecule has 5 rings (SSSR count). The van der Waals surface area contributed by atoms with Gasteiger partial charge in [-0.05, 0) is 48.0 Å². The minimum Gasteiger partial charge on any atom is -0.497 e. The van der Waals surface area contributed by atoms with Gasteiger partial charge in [0.1, 0.15) is 19.0 Å². The molecule has 3 heterocycles. The predicted octanol–water partition coefficient (Wildman–Crippen LogP) is 1.61. The Hall–Kier alpha value is -3.08. The molecule has 0 aromatic heterocycles. The third-order valence-corrected chi connectivity index (χ3v) is 8.45. The number of rotatable bonds is 7. The molecule has 0 bridgehead atoms. The molecule has 0 fully saturated rings. The first-order valence-corrected chi connectivity index (χ1v) is 13.0. The van der Waals surface area contributed by atoms with Crippen molar-refractivity contribution in [2.75, 3.05) is 60.1 Å².